The molecule has 2 atom stereocenters. The van der Waals surface area contributed by atoms with Gasteiger partial charge in [0.15, 0.2) is 0 Å². The van der Waals surface area contributed by atoms with Crippen LogP contribution in [0.3, 0.4) is 0 Å². The van der Waals surface area contributed by atoms with E-state index in [0.717, 1.165) is 32.3 Å². The van der Waals surface area contributed by atoms with Crippen LogP contribution in [0.25, 0.3) is 0 Å². The predicted octanol–water partition coefficient (Wildman–Crippen LogP) is 2.25. The van der Waals surface area contributed by atoms with E-state index in [1.807, 2.05) is 13.8 Å². The van der Waals surface area contributed by atoms with Crippen molar-refractivity contribution in [1.29, 1.82) is 0 Å². The molecule has 0 aromatic heterocycles. The molecular formula is C14H26O3. The fourth-order valence-corrected chi connectivity index (χ4v) is 3.36. The highest BCUT2D eigenvalue weighted by molar-refractivity contribution is 4.98. The quantitative estimate of drug-likeness (QED) is 0.795. The molecule has 0 radical (unpaired) electrons. The summed E-state index contributed by atoms with van der Waals surface area (Å²) in [4.78, 5) is 0. The highest BCUT2D eigenvalue weighted by Gasteiger charge is 2.47. The minimum absolute atomic E-state index is 0.0479. The first-order valence-electron chi connectivity index (χ1n) is 7.10. The van der Waals surface area contributed by atoms with Crippen molar-refractivity contribution in [2.75, 3.05) is 6.61 Å². The normalized spacial score (nSPS) is 30.0. The molecular weight excluding hydrogens is 216 g/mol. The van der Waals surface area contributed by atoms with E-state index < -0.39 is 11.7 Å². The maximum Gasteiger partial charge on any atom is 0.0903 e. The van der Waals surface area contributed by atoms with Gasteiger partial charge in [-0.15, -0.1) is 0 Å². The van der Waals surface area contributed by atoms with E-state index in [1.165, 1.54) is 6.42 Å². The van der Waals surface area contributed by atoms with Gasteiger partial charge in [0.1, 0.15) is 0 Å². The van der Waals surface area contributed by atoms with Gasteiger partial charge in [0.25, 0.3) is 0 Å². The van der Waals surface area contributed by atoms with Crippen molar-refractivity contribution in [2.24, 2.45) is 5.92 Å². The Morgan fingerprint density at radius 3 is 2.47 bits per heavy atom. The second kappa shape index (κ2) is 4.87. The molecule has 1 aliphatic carbocycles. The molecule has 0 aromatic carbocycles. The van der Waals surface area contributed by atoms with E-state index in [9.17, 15) is 10.2 Å². The van der Waals surface area contributed by atoms with Crippen molar-refractivity contribution in [2.45, 2.75) is 76.1 Å². The van der Waals surface area contributed by atoms with Crippen LogP contribution in [0.1, 0.15) is 58.8 Å². The van der Waals surface area contributed by atoms with Gasteiger partial charge >= 0.3 is 0 Å². The number of aliphatic hydroxyl groups is 2. The zero-order valence-corrected chi connectivity index (χ0v) is 11.1. The average Bonchev–Trinajstić information content (AvgIpc) is 2.35. The first kappa shape index (κ1) is 13.3. The Balaban J connectivity index is 2.01. The minimum atomic E-state index is -0.910. The van der Waals surface area contributed by atoms with E-state index in [1.54, 1.807) is 0 Å². The number of aliphatic hydroxyl groups excluding tert-OH is 1. The molecule has 2 N–H and O–H groups in total. The second-order valence-corrected chi connectivity index (χ2v) is 5.89. The van der Waals surface area contributed by atoms with Gasteiger partial charge in [0, 0.05) is 6.61 Å². The summed E-state index contributed by atoms with van der Waals surface area (Å²) >= 11 is 0. The van der Waals surface area contributed by atoms with Gasteiger partial charge in [-0.1, -0.05) is 13.8 Å². The third-order valence-corrected chi connectivity index (χ3v) is 5.02. The first-order chi connectivity index (χ1) is 8.05. The molecule has 1 heterocycles. The molecule has 1 saturated heterocycles. The standard InChI is InChI=1S/C14H26O3/c1-3-14(16,4-2)12(15)11-6-9-17-13(10-11)7-5-8-13/h11-12,15-16H,3-10H2,1-2H3. The Kier molecular flexibility index (Phi) is 3.81. The Hall–Kier alpha value is -0.120. The third kappa shape index (κ3) is 2.38. The lowest BCUT2D eigenvalue weighted by Crippen LogP contribution is -2.53. The number of ether oxygens (including phenoxy) is 1. The molecule has 1 spiro atoms. The van der Waals surface area contributed by atoms with Crippen LogP contribution in [0.4, 0.5) is 0 Å². The van der Waals surface area contributed by atoms with Gasteiger partial charge in [-0.3, -0.25) is 0 Å². The lowest BCUT2D eigenvalue weighted by molar-refractivity contribution is -0.182. The predicted molar refractivity (Wildman–Crippen MR) is 66.8 cm³/mol. The summed E-state index contributed by atoms with van der Waals surface area (Å²) in [5.74, 6) is 0.203. The highest BCUT2D eigenvalue weighted by Crippen LogP contribution is 2.46. The van der Waals surface area contributed by atoms with Gasteiger partial charge in [-0.05, 0) is 50.9 Å². The smallest absolute Gasteiger partial charge is 0.0903 e. The van der Waals surface area contributed by atoms with Crippen molar-refractivity contribution < 1.29 is 14.9 Å². The van der Waals surface area contributed by atoms with Crippen LogP contribution in [0, 0.1) is 5.92 Å². The van der Waals surface area contributed by atoms with E-state index >= 15 is 0 Å². The second-order valence-electron chi connectivity index (χ2n) is 5.89. The topological polar surface area (TPSA) is 49.7 Å². The van der Waals surface area contributed by atoms with E-state index in [2.05, 4.69) is 0 Å². The molecule has 3 nitrogen and oxygen atoms in total. The molecule has 100 valence electrons. The van der Waals surface area contributed by atoms with Gasteiger partial charge in [0.2, 0.25) is 0 Å². The Bertz CT molecular complexity index is 256. The summed E-state index contributed by atoms with van der Waals surface area (Å²) in [5.41, 5.74) is -0.862. The van der Waals surface area contributed by atoms with Crippen molar-refractivity contribution in [1.82, 2.24) is 0 Å². The first-order valence-corrected chi connectivity index (χ1v) is 7.10. The monoisotopic (exact) mass is 242 g/mol. The Morgan fingerprint density at radius 2 is 2.00 bits per heavy atom. The largest absolute Gasteiger partial charge is 0.390 e. The number of hydrogen-bond acceptors (Lipinski definition) is 3. The molecule has 1 saturated carbocycles. The van der Waals surface area contributed by atoms with Gasteiger partial charge < -0.3 is 14.9 Å². The maximum atomic E-state index is 10.4. The average molecular weight is 242 g/mol. The van der Waals surface area contributed by atoms with Crippen molar-refractivity contribution in [3.05, 3.63) is 0 Å². The van der Waals surface area contributed by atoms with Crippen LogP contribution >= 0.6 is 0 Å². The summed E-state index contributed by atoms with van der Waals surface area (Å²) in [6.07, 6.45) is 5.96. The molecule has 2 aliphatic rings. The van der Waals surface area contributed by atoms with Crippen LogP contribution < -0.4 is 0 Å². The Labute approximate surface area is 104 Å². The molecule has 17 heavy (non-hydrogen) atoms. The van der Waals surface area contributed by atoms with Crippen LogP contribution in [0.15, 0.2) is 0 Å². The molecule has 0 amide bonds. The Morgan fingerprint density at radius 1 is 1.35 bits per heavy atom. The van der Waals surface area contributed by atoms with Crippen LogP contribution in [-0.2, 0) is 4.74 Å². The lowest BCUT2D eigenvalue weighted by atomic mass is 9.68. The fraction of sp³-hybridized carbons (Fsp3) is 1.00. The third-order valence-electron chi connectivity index (χ3n) is 5.02. The summed E-state index contributed by atoms with van der Waals surface area (Å²) < 4.78 is 5.87. The SMILES string of the molecule is CCC(O)(CC)C(O)C1CCOC2(CCC2)C1. The van der Waals surface area contributed by atoms with E-state index in [4.69, 9.17) is 4.74 Å². The fourth-order valence-electron chi connectivity index (χ4n) is 3.36. The molecule has 0 bridgehead atoms. The van der Waals surface area contributed by atoms with Gasteiger partial charge in [-0.25, -0.2) is 0 Å². The summed E-state index contributed by atoms with van der Waals surface area (Å²) in [7, 11) is 0. The molecule has 1 aliphatic heterocycles. The maximum absolute atomic E-state index is 10.4. The summed E-state index contributed by atoms with van der Waals surface area (Å²) in [6.45, 7) is 4.64. The van der Waals surface area contributed by atoms with Crippen molar-refractivity contribution in [3.8, 4) is 0 Å². The summed E-state index contributed by atoms with van der Waals surface area (Å²) in [6, 6.07) is 0. The van der Waals surface area contributed by atoms with Gasteiger partial charge in [-0.2, -0.15) is 0 Å². The minimum Gasteiger partial charge on any atom is -0.390 e. The zero-order chi connectivity index (χ0) is 12.5. The number of hydrogen-bond donors (Lipinski definition) is 2. The molecule has 2 rings (SSSR count). The lowest BCUT2D eigenvalue weighted by Gasteiger charge is -2.49. The summed E-state index contributed by atoms with van der Waals surface area (Å²) in [5, 5.41) is 20.9. The van der Waals surface area contributed by atoms with E-state index in [0.29, 0.717) is 12.8 Å². The molecule has 0 aromatic rings. The zero-order valence-electron chi connectivity index (χ0n) is 11.1. The molecule has 2 fully saturated rings. The number of rotatable bonds is 4. The van der Waals surface area contributed by atoms with Crippen LogP contribution in [0.5, 0.6) is 0 Å². The van der Waals surface area contributed by atoms with Crippen molar-refractivity contribution >= 4 is 0 Å². The highest BCUT2D eigenvalue weighted by atomic mass is 16.5. The molecule has 2 unspecified atom stereocenters. The van der Waals surface area contributed by atoms with Crippen LogP contribution in [-0.4, -0.2) is 34.1 Å². The van der Waals surface area contributed by atoms with Crippen LogP contribution in [0.2, 0.25) is 0 Å². The van der Waals surface area contributed by atoms with Gasteiger partial charge in [0.05, 0.1) is 17.3 Å². The molecule has 3 heteroatoms. The van der Waals surface area contributed by atoms with E-state index in [-0.39, 0.29) is 11.5 Å². The van der Waals surface area contributed by atoms with Crippen molar-refractivity contribution in [3.63, 3.8) is 0 Å².